The monoisotopic (exact) mass is 114 g/mol. The number of hydrogen-bond acceptors (Lipinski definition) is 2. The molecule has 0 rings (SSSR count). The van der Waals surface area contributed by atoms with Crippen LogP contribution in [0, 0.1) is 11.8 Å². The Labute approximate surface area is 49.5 Å². The van der Waals surface area contributed by atoms with E-state index in [4.69, 9.17) is 9.84 Å². The highest BCUT2D eigenvalue weighted by Gasteiger charge is 1.86. The highest BCUT2D eigenvalue weighted by molar-refractivity contribution is 5.03. The summed E-state index contributed by atoms with van der Waals surface area (Å²) in [5.74, 6) is 5.14. The van der Waals surface area contributed by atoms with Crippen molar-refractivity contribution >= 4 is 0 Å². The second kappa shape index (κ2) is 4.63. The third-order valence-electron chi connectivity index (χ3n) is 0.738. The van der Waals surface area contributed by atoms with Crippen molar-refractivity contribution in [2.45, 2.75) is 13.0 Å². The van der Waals surface area contributed by atoms with E-state index in [0.717, 1.165) is 0 Å². The molecule has 0 aliphatic carbocycles. The van der Waals surface area contributed by atoms with Crippen LogP contribution in [-0.2, 0) is 4.74 Å². The molecule has 0 unspecified atom stereocenters. The van der Waals surface area contributed by atoms with Crippen molar-refractivity contribution in [3.05, 3.63) is 0 Å². The number of ether oxygens (including phenoxy) is 1. The Morgan fingerprint density at radius 1 is 1.75 bits per heavy atom. The van der Waals surface area contributed by atoms with Gasteiger partial charge >= 0.3 is 0 Å². The van der Waals surface area contributed by atoms with E-state index >= 15 is 0 Å². The molecule has 0 aromatic carbocycles. The third-order valence-corrected chi connectivity index (χ3v) is 0.738. The molecule has 0 aromatic heterocycles. The first-order valence-corrected chi connectivity index (χ1v) is 2.43. The first-order chi connectivity index (χ1) is 3.81. The lowest BCUT2D eigenvalue weighted by Gasteiger charge is -1.95. The quantitative estimate of drug-likeness (QED) is 0.487. The van der Waals surface area contributed by atoms with Crippen molar-refractivity contribution in [2.75, 3.05) is 13.7 Å². The molecule has 1 atom stereocenters. The van der Waals surface area contributed by atoms with Crippen LogP contribution in [0.4, 0.5) is 0 Å². The van der Waals surface area contributed by atoms with Crippen LogP contribution in [-0.4, -0.2) is 24.9 Å². The van der Waals surface area contributed by atoms with Gasteiger partial charge in [0.25, 0.3) is 0 Å². The van der Waals surface area contributed by atoms with E-state index in [0.29, 0.717) is 0 Å². The van der Waals surface area contributed by atoms with Gasteiger partial charge in [-0.1, -0.05) is 11.8 Å². The summed E-state index contributed by atoms with van der Waals surface area (Å²) in [4.78, 5) is 0. The van der Waals surface area contributed by atoms with Crippen molar-refractivity contribution < 1.29 is 9.84 Å². The van der Waals surface area contributed by atoms with Crippen molar-refractivity contribution in [3.63, 3.8) is 0 Å². The molecule has 0 heterocycles. The summed E-state index contributed by atoms with van der Waals surface area (Å²) < 4.78 is 4.77. The summed E-state index contributed by atoms with van der Waals surface area (Å²) in [5, 5.41) is 8.18. The molecule has 0 saturated carbocycles. The van der Waals surface area contributed by atoms with Crippen LogP contribution in [0.2, 0.25) is 0 Å². The summed E-state index contributed by atoms with van der Waals surface area (Å²) in [7, 11) is 1.58. The van der Waals surface area contributed by atoms with Gasteiger partial charge in [-0.25, -0.2) is 0 Å². The van der Waals surface area contributed by atoms with E-state index in [9.17, 15) is 0 Å². The number of rotatable bonds is 1. The first kappa shape index (κ1) is 7.48. The Morgan fingerprint density at radius 2 is 2.38 bits per heavy atom. The highest BCUT2D eigenvalue weighted by Crippen LogP contribution is 1.80. The Morgan fingerprint density at radius 3 is 2.75 bits per heavy atom. The molecule has 2 heteroatoms. The van der Waals surface area contributed by atoms with Gasteiger partial charge in [0, 0.05) is 7.11 Å². The van der Waals surface area contributed by atoms with Gasteiger partial charge < -0.3 is 9.84 Å². The summed E-state index contributed by atoms with van der Waals surface area (Å²) in [6, 6.07) is 0. The maximum Gasteiger partial charge on any atom is 0.115 e. The zero-order valence-corrected chi connectivity index (χ0v) is 5.14. The molecule has 0 amide bonds. The minimum Gasteiger partial charge on any atom is -0.384 e. The molecule has 0 bridgehead atoms. The van der Waals surface area contributed by atoms with Gasteiger partial charge in [-0.05, 0) is 6.92 Å². The fourth-order valence-corrected chi connectivity index (χ4v) is 0.248. The van der Waals surface area contributed by atoms with Gasteiger partial charge in [0.05, 0.1) is 0 Å². The molecule has 0 aromatic rings. The minimum absolute atomic E-state index is 0.0675. The maximum atomic E-state index is 8.18. The largest absolute Gasteiger partial charge is 0.384 e. The standard InChI is InChI=1S/C6H10O2/c1-6(8-2)4-3-5-7/h6-7H,5H2,1-2H3/t6-/m0/s1. The van der Waals surface area contributed by atoms with E-state index in [1.54, 1.807) is 7.11 Å². The van der Waals surface area contributed by atoms with Crippen molar-refractivity contribution in [1.29, 1.82) is 0 Å². The molecule has 0 aliphatic heterocycles. The maximum absolute atomic E-state index is 8.18. The van der Waals surface area contributed by atoms with Crippen molar-refractivity contribution in [1.82, 2.24) is 0 Å². The second-order valence-electron chi connectivity index (χ2n) is 1.36. The molecular weight excluding hydrogens is 104 g/mol. The Bertz CT molecular complexity index is 98.8. The number of aliphatic hydroxyl groups excluding tert-OH is 1. The molecule has 0 saturated heterocycles. The van der Waals surface area contributed by atoms with E-state index < -0.39 is 0 Å². The molecule has 0 spiro atoms. The third kappa shape index (κ3) is 3.66. The van der Waals surface area contributed by atoms with Gasteiger partial charge in [0.1, 0.15) is 12.7 Å². The lowest BCUT2D eigenvalue weighted by molar-refractivity contribution is 0.163. The normalized spacial score (nSPS) is 11.9. The fraction of sp³-hybridized carbons (Fsp3) is 0.667. The molecular formula is C6H10O2. The Kier molecular flexibility index (Phi) is 4.33. The van der Waals surface area contributed by atoms with Crippen LogP contribution in [0.3, 0.4) is 0 Å². The zero-order chi connectivity index (χ0) is 6.41. The van der Waals surface area contributed by atoms with Gasteiger partial charge in [-0.3, -0.25) is 0 Å². The smallest absolute Gasteiger partial charge is 0.115 e. The topological polar surface area (TPSA) is 29.5 Å². The summed E-state index contributed by atoms with van der Waals surface area (Å²) in [6.45, 7) is 1.73. The van der Waals surface area contributed by atoms with Crippen LogP contribution in [0.1, 0.15) is 6.92 Å². The molecule has 0 aliphatic rings. The Balaban J connectivity index is 3.35. The van der Waals surface area contributed by atoms with Crippen LogP contribution in [0.5, 0.6) is 0 Å². The van der Waals surface area contributed by atoms with Gasteiger partial charge in [-0.2, -0.15) is 0 Å². The van der Waals surface area contributed by atoms with Crippen molar-refractivity contribution in [2.24, 2.45) is 0 Å². The zero-order valence-electron chi connectivity index (χ0n) is 5.14. The SMILES string of the molecule is CO[C@@H](C)C#CCO. The molecule has 8 heavy (non-hydrogen) atoms. The van der Waals surface area contributed by atoms with Crippen molar-refractivity contribution in [3.8, 4) is 11.8 Å². The average Bonchev–Trinajstić information content (AvgIpc) is 1.83. The van der Waals surface area contributed by atoms with E-state index in [1.165, 1.54) is 0 Å². The van der Waals surface area contributed by atoms with E-state index in [1.807, 2.05) is 6.92 Å². The molecule has 0 fully saturated rings. The predicted octanol–water partition coefficient (Wildman–Crippen LogP) is 0.0170. The summed E-state index contributed by atoms with van der Waals surface area (Å²) >= 11 is 0. The van der Waals surface area contributed by atoms with Gasteiger partial charge in [-0.15, -0.1) is 0 Å². The first-order valence-electron chi connectivity index (χ1n) is 2.43. The average molecular weight is 114 g/mol. The molecule has 2 nitrogen and oxygen atoms in total. The van der Waals surface area contributed by atoms with E-state index in [-0.39, 0.29) is 12.7 Å². The van der Waals surface area contributed by atoms with Gasteiger partial charge in [0.2, 0.25) is 0 Å². The number of methoxy groups -OCH3 is 1. The predicted molar refractivity (Wildman–Crippen MR) is 31.3 cm³/mol. The van der Waals surface area contributed by atoms with Crippen LogP contribution < -0.4 is 0 Å². The summed E-state index contributed by atoms with van der Waals surface area (Å²) in [6.07, 6.45) is -0.0675. The molecule has 0 radical (unpaired) electrons. The summed E-state index contributed by atoms with van der Waals surface area (Å²) in [5.41, 5.74) is 0. The number of hydrogen-bond donors (Lipinski definition) is 1. The van der Waals surface area contributed by atoms with Gasteiger partial charge in [0.15, 0.2) is 0 Å². The lowest BCUT2D eigenvalue weighted by Crippen LogP contribution is -1.99. The Hall–Kier alpha value is -0.520. The van der Waals surface area contributed by atoms with Crippen LogP contribution in [0.15, 0.2) is 0 Å². The highest BCUT2D eigenvalue weighted by atomic mass is 16.5. The van der Waals surface area contributed by atoms with E-state index in [2.05, 4.69) is 11.8 Å². The lowest BCUT2D eigenvalue weighted by atomic mass is 10.4. The number of aliphatic hydroxyl groups is 1. The van der Waals surface area contributed by atoms with Crippen LogP contribution in [0.25, 0.3) is 0 Å². The fourth-order valence-electron chi connectivity index (χ4n) is 0.248. The molecule has 46 valence electrons. The molecule has 1 N–H and O–H groups in total. The second-order valence-corrected chi connectivity index (χ2v) is 1.36. The minimum atomic E-state index is -0.0896. The van der Waals surface area contributed by atoms with Crippen LogP contribution >= 0.6 is 0 Å².